The van der Waals surface area contributed by atoms with Crippen LogP contribution in [0.15, 0.2) is 65.6 Å². The molecule has 0 aromatic heterocycles. The van der Waals surface area contributed by atoms with Gasteiger partial charge in [-0.2, -0.15) is 0 Å². The Morgan fingerprint density at radius 1 is 1.03 bits per heavy atom. The molecule has 174 valence electrons. The van der Waals surface area contributed by atoms with Crippen LogP contribution >= 0.6 is 11.8 Å². The zero-order chi connectivity index (χ0) is 24.1. The Morgan fingerprint density at radius 3 is 2.62 bits per heavy atom. The lowest BCUT2D eigenvalue weighted by Crippen LogP contribution is -2.34. The van der Waals surface area contributed by atoms with Gasteiger partial charge in [0.1, 0.15) is 13.2 Å². The maximum Gasteiger partial charge on any atom is 0.326 e. The van der Waals surface area contributed by atoms with Crippen molar-refractivity contribution in [3.63, 3.8) is 0 Å². The first kappa shape index (κ1) is 23.4. The van der Waals surface area contributed by atoms with Crippen LogP contribution in [0.1, 0.15) is 18.1 Å². The maximum atomic E-state index is 12.6. The molecule has 0 N–H and O–H groups in total. The van der Waals surface area contributed by atoms with E-state index in [-0.39, 0.29) is 11.5 Å². The van der Waals surface area contributed by atoms with Crippen LogP contribution in [0, 0.1) is 0 Å². The van der Waals surface area contributed by atoms with Gasteiger partial charge in [-0.1, -0.05) is 48.5 Å². The van der Waals surface area contributed by atoms with Crippen molar-refractivity contribution < 1.29 is 28.6 Å². The van der Waals surface area contributed by atoms with Gasteiger partial charge in [0.2, 0.25) is 0 Å². The molecular weight excluding hydrogens is 454 g/mol. The average molecular weight is 478 g/mol. The van der Waals surface area contributed by atoms with E-state index in [2.05, 4.69) is 18.2 Å². The van der Waals surface area contributed by atoms with Gasteiger partial charge in [0.25, 0.3) is 11.1 Å². The number of rotatable bonds is 8. The van der Waals surface area contributed by atoms with Crippen molar-refractivity contribution in [3.8, 4) is 11.5 Å². The van der Waals surface area contributed by atoms with Gasteiger partial charge in [0, 0.05) is 0 Å². The van der Waals surface area contributed by atoms with Gasteiger partial charge in [-0.3, -0.25) is 19.3 Å². The molecule has 0 radical (unpaired) electrons. The minimum Gasteiger partial charge on any atom is -0.493 e. The molecule has 34 heavy (non-hydrogen) atoms. The summed E-state index contributed by atoms with van der Waals surface area (Å²) in [5, 5.41) is 1.76. The quantitative estimate of drug-likeness (QED) is 0.333. The molecule has 1 saturated heterocycles. The Morgan fingerprint density at radius 2 is 1.82 bits per heavy atom. The van der Waals surface area contributed by atoms with Crippen molar-refractivity contribution in [2.45, 2.75) is 13.5 Å². The smallest absolute Gasteiger partial charge is 0.326 e. The third kappa shape index (κ3) is 5.07. The summed E-state index contributed by atoms with van der Waals surface area (Å²) in [4.78, 5) is 37.6. The van der Waals surface area contributed by atoms with Crippen molar-refractivity contribution in [1.82, 2.24) is 4.90 Å². The third-order valence-electron chi connectivity index (χ3n) is 5.21. The largest absolute Gasteiger partial charge is 0.493 e. The van der Waals surface area contributed by atoms with Crippen molar-refractivity contribution in [2.24, 2.45) is 0 Å². The van der Waals surface area contributed by atoms with E-state index in [1.54, 1.807) is 31.2 Å². The number of imide groups is 1. The summed E-state index contributed by atoms with van der Waals surface area (Å²) >= 11 is 0.782. The van der Waals surface area contributed by atoms with E-state index < -0.39 is 23.7 Å². The van der Waals surface area contributed by atoms with Gasteiger partial charge < -0.3 is 14.2 Å². The molecule has 0 spiro atoms. The molecule has 8 heteroatoms. The molecule has 2 amide bonds. The SMILES string of the molecule is CCOC(=O)CN1C(=O)SC(=Cc2ccc(OCc3cccc4ccccc34)c(OC)c2)C1=O. The van der Waals surface area contributed by atoms with Crippen LogP contribution in [0.4, 0.5) is 4.79 Å². The molecule has 3 aromatic rings. The Bertz CT molecular complexity index is 1280. The number of hydrogen-bond donors (Lipinski definition) is 0. The minimum absolute atomic E-state index is 0.180. The second kappa shape index (κ2) is 10.4. The van der Waals surface area contributed by atoms with Crippen molar-refractivity contribution in [3.05, 3.63) is 76.7 Å². The number of amides is 2. The number of carbonyl (C=O) groups is 3. The van der Waals surface area contributed by atoms with E-state index in [1.165, 1.54) is 7.11 Å². The standard InChI is InChI=1S/C26H23NO6S/c1-3-32-24(28)15-27-25(29)23(34-26(27)30)14-17-11-12-21(22(13-17)31-2)33-16-19-9-6-8-18-7-4-5-10-20(18)19/h4-14H,3,15-16H2,1-2H3. The van der Waals surface area contributed by atoms with Gasteiger partial charge in [-0.15, -0.1) is 0 Å². The topological polar surface area (TPSA) is 82.1 Å². The number of hydrogen-bond acceptors (Lipinski definition) is 7. The van der Waals surface area contributed by atoms with Crippen LogP contribution in [0.25, 0.3) is 16.8 Å². The Hall–Kier alpha value is -3.78. The molecule has 0 atom stereocenters. The summed E-state index contributed by atoms with van der Waals surface area (Å²) in [5.74, 6) is -0.0959. The van der Waals surface area contributed by atoms with Crippen LogP contribution in [0.3, 0.4) is 0 Å². The molecule has 1 aliphatic rings. The van der Waals surface area contributed by atoms with Crippen molar-refractivity contribution in [1.29, 1.82) is 0 Å². The molecule has 1 aliphatic heterocycles. The minimum atomic E-state index is -0.625. The lowest BCUT2D eigenvalue weighted by molar-refractivity contribution is -0.145. The van der Waals surface area contributed by atoms with E-state index in [4.69, 9.17) is 14.2 Å². The van der Waals surface area contributed by atoms with Crippen molar-refractivity contribution in [2.75, 3.05) is 20.3 Å². The lowest BCUT2D eigenvalue weighted by atomic mass is 10.1. The monoisotopic (exact) mass is 477 g/mol. The molecule has 0 bridgehead atoms. The normalized spacial score (nSPS) is 14.6. The number of benzene rings is 3. The van der Waals surface area contributed by atoms with Crippen LogP contribution in [0.2, 0.25) is 0 Å². The zero-order valence-electron chi connectivity index (χ0n) is 18.8. The highest BCUT2D eigenvalue weighted by Crippen LogP contribution is 2.35. The Labute approximate surface area is 201 Å². The van der Waals surface area contributed by atoms with E-state index in [1.807, 2.05) is 24.3 Å². The van der Waals surface area contributed by atoms with Gasteiger partial charge >= 0.3 is 5.97 Å². The number of ether oxygens (including phenoxy) is 3. The second-order valence-corrected chi connectivity index (χ2v) is 8.40. The molecular formula is C26H23NO6S. The summed E-state index contributed by atoms with van der Waals surface area (Å²) in [6.07, 6.45) is 1.59. The summed E-state index contributed by atoms with van der Waals surface area (Å²) < 4.78 is 16.4. The van der Waals surface area contributed by atoms with E-state index >= 15 is 0 Å². The summed E-state index contributed by atoms with van der Waals surface area (Å²) in [5.41, 5.74) is 1.72. The molecule has 0 saturated carbocycles. The Kier molecular flexibility index (Phi) is 7.18. The molecule has 0 aliphatic carbocycles. The molecule has 4 rings (SSSR count). The molecule has 0 unspecified atom stereocenters. The fourth-order valence-electron chi connectivity index (χ4n) is 3.59. The first-order valence-corrected chi connectivity index (χ1v) is 11.5. The first-order valence-electron chi connectivity index (χ1n) is 10.7. The number of fused-ring (bicyclic) bond motifs is 1. The number of carbonyl (C=O) groups excluding carboxylic acids is 3. The highest BCUT2D eigenvalue weighted by molar-refractivity contribution is 8.18. The summed E-state index contributed by atoms with van der Waals surface area (Å²) in [6, 6.07) is 19.5. The van der Waals surface area contributed by atoms with E-state index in [0.29, 0.717) is 23.7 Å². The molecule has 1 heterocycles. The average Bonchev–Trinajstić information content (AvgIpc) is 3.10. The van der Waals surface area contributed by atoms with Gasteiger partial charge in [0.15, 0.2) is 11.5 Å². The van der Waals surface area contributed by atoms with Gasteiger partial charge in [-0.05, 0) is 58.8 Å². The van der Waals surface area contributed by atoms with E-state index in [9.17, 15) is 14.4 Å². The zero-order valence-corrected chi connectivity index (χ0v) is 19.6. The van der Waals surface area contributed by atoms with Crippen LogP contribution in [-0.2, 0) is 20.9 Å². The van der Waals surface area contributed by atoms with Crippen LogP contribution in [0.5, 0.6) is 11.5 Å². The fraction of sp³-hybridized carbons (Fsp3) is 0.192. The summed E-state index contributed by atoms with van der Waals surface area (Å²) in [6.45, 7) is 1.80. The lowest BCUT2D eigenvalue weighted by Gasteiger charge is -2.13. The maximum absolute atomic E-state index is 12.6. The fourth-order valence-corrected chi connectivity index (χ4v) is 4.43. The highest BCUT2D eigenvalue weighted by atomic mass is 32.2. The van der Waals surface area contributed by atoms with Crippen LogP contribution < -0.4 is 9.47 Å². The first-order chi connectivity index (χ1) is 16.5. The number of thioether (sulfide) groups is 1. The Balaban J connectivity index is 1.50. The van der Waals surface area contributed by atoms with Crippen LogP contribution in [-0.4, -0.2) is 42.3 Å². The van der Waals surface area contributed by atoms with Gasteiger partial charge in [-0.25, -0.2) is 0 Å². The number of methoxy groups -OCH3 is 1. The number of esters is 1. The predicted octanol–water partition coefficient (Wildman–Crippen LogP) is 5.03. The van der Waals surface area contributed by atoms with Gasteiger partial charge in [0.05, 0.1) is 18.6 Å². The summed E-state index contributed by atoms with van der Waals surface area (Å²) in [7, 11) is 1.54. The van der Waals surface area contributed by atoms with E-state index in [0.717, 1.165) is 33.0 Å². The second-order valence-electron chi connectivity index (χ2n) is 7.41. The molecule has 7 nitrogen and oxygen atoms in total. The highest BCUT2D eigenvalue weighted by Gasteiger charge is 2.36. The predicted molar refractivity (Wildman–Crippen MR) is 131 cm³/mol. The molecule has 1 fully saturated rings. The molecule has 3 aromatic carbocycles. The number of nitrogens with zero attached hydrogens (tertiary/aromatic N) is 1. The third-order valence-corrected chi connectivity index (χ3v) is 6.12. The van der Waals surface area contributed by atoms with Crippen molar-refractivity contribution >= 4 is 45.7 Å².